The SMILES string of the molecule is Cn1ccnc1COCC(C)(C)CNCc1ccccc1. The van der Waals surface area contributed by atoms with Crippen LogP contribution in [0.5, 0.6) is 0 Å². The quantitative estimate of drug-likeness (QED) is 0.811. The maximum Gasteiger partial charge on any atom is 0.134 e. The summed E-state index contributed by atoms with van der Waals surface area (Å²) >= 11 is 0. The van der Waals surface area contributed by atoms with Gasteiger partial charge in [0.25, 0.3) is 0 Å². The highest BCUT2D eigenvalue weighted by Crippen LogP contribution is 2.15. The van der Waals surface area contributed by atoms with Gasteiger partial charge in [0.15, 0.2) is 0 Å². The molecule has 0 fully saturated rings. The van der Waals surface area contributed by atoms with Crippen LogP contribution < -0.4 is 5.32 Å². The second-order valence-corrected chi connectivity index (χ2v) is 6.20. The lowest BCUT2D eigenvalue weighted by atomic mass is 9.95. The molecule has 0 saturated heterocycles. The molecule has 1 N–H and O–H groups in total. The van der Waals surface area contributed by atoms with E-state index in [-0.39, 0.29) is 5.41 Å². The molecule has 0 bridgehead atoms. The number of aromatic nitrogens is 2. The van der Waals surface area contributed by atoms with Crippen LogP contribution in [-0.2, 0) is 24.9 Å². The first-order valence-corrected chi connectivity index (χ1v) is 7.35. The molecular weight excluding hydrogens is 262 g/mol. The van der Waals surface area contributed by atoms with E-state index in [4.69, 9.17) is 4.74 Å². The van der Waals surface area contributed by atoms with Crippen LogP contribution in [0.1, 0.15) is 25.2 Å². The van der Waals surface area contributed by atoms with Crippen LogP contribution in [0.2, 0.25) is 0 Å². The van der Waals surface area contributed by atoms with E-state index in [9.17, 15) is 0 Å². The molecule has 2 aromatic rings. The van der Waals surface area contributed by atoms with Crippen LogP contribution in [0, 0.1) is 5.41 Å². The molecule has 21 heavy (non-hydrogen) atoms. The molecule has 0 aliphatic rings. The molecule has 1 aromatic carbocycles. The highest BCUT2D eigenvalue weighted by atomic mass is 16.5. The highest BCUT2D eigenvalue weighted by molar-refractivity contribution is 5.14. The van der Waals surface area contributed by atoms with Gasteiger partial charge in [0.2, 0.25) is 0 Å². The van der Waals surface area contributed by atoms with Gasteiger partial charge < -0.3 is 14.6 Å². The number of nitrogens with zero attached hydrogens (tertiary/aromatic N) is 2. The van der Waals surface area contributed by atoms with Crippen LogP contribution in [0.15, 0.2) is 42.7 Å². The Morgan fingerprint density at radius 2 is 2.00 bits per heavy atom. The predicted octanol–water partition coefficient (Wildman–Crippen LogP) is 2.75. The van der Waals surface area contributed by atoms with Crippen LogP contribution >= 0.6 is 0 Å². The fourth-order valence-electron chi connectivity index (χ4n) is 2.15. The Labute approximate surface area is 127 Å². The van der Waals surface area contributed by atoms with Gasteiger partial charge in [-0.3, -0.25) is 0 Å². The van der Waals surface area contributed by atoms with E-state index < -0.39 is 0 Å². The number of hydrogen-bond acceptors (Lipinski definition) is 3. The second-order valence-electron chi connectivity index (χ2n) is 6.20. The highest BCUT2D eigenvalue weighted by Gasteiger charge is 2.18. The van der Waals surface area contributed by atoms with Gasteiger partial charge in [0.1, 0.15) is 12.4 Å². The number of rotatable bonds is 8. The van der Waals surface area contributed by atoms with E-state index in [1.54, 1.807) is 6.20 Å². The van der Waals surface area contributed by atoms with Gasteiger partial charge in [0.05, 0.1) is 6.61 Å². The first-order chi connectivity index (χ1) is 10.1. The number of aryl methyl sites for hydroxylation is 1. The average molecular weight is 287 g/mol. The van der Waals surface area contributed by atoms with E-state index >= 15 is 0 Å². The van der Waals surface area contributed by atoms with E-state index in [1.165, 1.54) is 5.56 Å². The molecule has 4 heteroatoms. The summed E-state index contributed by atoms with van der Waals surface area (Å²) in [7, 11) is 1.98. The molecule has 2 rings (SSSR count). The van der Waals surface area contributed by atoms with Crippen LogP contribution in [0.25, 0.3) is 0 Å². The van der Waals surface area contributed by atoms with Gasteiger partial charge >= 0.3 is 0 Å². The molecule has 4 nitrogen and oxygen atoms in total. The summed E-state index contributed by atoms with van der Waals surface area (Å²) in [6.45, 7) is 7.51. The van der Waals surface area contributed by atoms with Crippen molar-refractivity contribution in [1.29, 1.82) is 0 Å². The lowest BCUT2D eigenvalue weighted by Crippen LogP contribution is -2.33. The monoisotopic (exact) mass is 287 g/mol. The summed E-state index contributed by atoms with van der Waals surface area (Å²) in [5.41, 5.74) is 1.40. The Bertz CT molecular complexity index is 534. The molecule has 1 heterocycles. The van der Waals surface area contributed by atoms with Crippen molar-refractivity contribution in [2.75, 3.05) is 13.2 Å². The standard InChI is InChI=1S/C17H25N3O/c1-17(2,13-18-11-15-7-5-4-6-8-15)14-21-12-16-19-9-10-20(16)3/h4-10,18H,11-14H2,1-3H3. The van der Waals surface area contributed by atoms with Gasteiger partial charge in [-0.2, -0.15) is 0 Å². The summed E-state index contributed by atoms with van der Waals surface area (Å²) in [6.07, 6.45) is 3.73. The smallest absolute Gasteiger partial charge is 0.134 e. The van der Waals surface area contributed by atoms with E-state index in [2.05, 4.69) is 48.4 Å². The van der Waals surface area contributed by atoms with Crippen LogP contribution in [0.4, 0.5) is 0 Å². The fourth-order valence-corrected chi connectivity index (χ4v) is 2.15. The molecule has 0 amide bonds. The summed E-state index contributed by atoms with van der Waals surface area (Å²) in [5, 5.41) is 3.50. The lowest BCUT2D eigenvalue weighted by Gasteiger charge is -2.25. The van der Waals surface area contributed by atoms with Crippen LogP contribution in [0.3, 0.4) is 0 Å². The van der Waals surface area contributed by atoms with Gasteiger partial charge in [-0.1, -0.05) is 44.2 Å². The zero-order valence-corrected chi connectivity index (χ0v) is 13.2. The summed E-state index contributed by atoms with van der Waals surface area (Å²) in [6, 6.07) is 10.4. The summed E-state index contributed by atoms with van der Waals surface area (Å²) in [5.74, 6) is 0.961. The first kappa shape index (κ1) is 15.7. The maximum absolute atomic E-state index is 5.80. The molecular formula is C17H25N3O. The molecule has 0 aliphatic carbocycles. The molecule has 0 aliphatic heterocycles. The van der Waals surface area contributed by atoms with Crippen molar-refractivity contribution in [2.24, 2.45) is 12.5 Å². The second kappa shape index (κ2) is 7.38. The number of imidazole rings is 1. The van der Waals surface area contributed by atoms with Crippen molar-refractivity contribution in [3.8, 4) is 0 Å². The number of benzene rings is 1. The maximum atomic E-state index is 5.80. The van der Waals surface area contributed by atoms with Gasteiger partial charge in [0, 0.05) is 37.9 Å². The van der Waals surface area contributed by atoms with Gasteiger partial charge in [-0.15, -0.1) is 0 Å². The Hall–Kier alpha value is -1.65. The van der Waals surface area contributed by atoms with E-state index in [0.29, 0.717) is 13.2 Å². The third kappa shape index (κ3) is 5.33. The number of hydrogen-bond donors (Lipinski definition) is 1. The van der Waals surface area contributed by atoms with Crippen molar-refractivity contribution >= 4 is 0 Å². The third-order valence-corrected chi connectivity index (χ3v) is 3.42. The number of nitrogens with one attached hydrogen (secondary N) is 1. The summed E-state index contributed by atoms with van der Waals surface area (Å²) < 4.78 is 7.79. The molecule has 0 atom stereocenters. The Kier molecular flexibility index (Phi) is 5.53. The fraction of sp³-hybridized carbons (Fsp3) is 0.471. The molecule has 114 valence electrons. The zero-order chi connectivity index (χ0) is 15.1. The number of ether oxygens (including phenoxy) is 1. The third-order valence-electron chi connectivity index (χ3n) is 3.42. The predicted molar refractivity (Wildman–Crippen MR) is 84.8 cm³/mol. The van der Waals surface area contributed by atoms with Crippen molar-refractivity contribution in [2.45, 2.75) is 27.0 Å². The van der Waals surface area contributed by atoms with E-state index in [1.807, 2.05) is 23.9 Å². The molecule has 1 aromatic heterocycles. The Morgan fingerprint density at radius 3 is 2.67 bits per heavy atom. The molecule has 0 radical (unpaired) electrons. The van der Waals surface area contributed by atoms with E-state index in [0.717, 1.165) is 18.9 Å². The van der Waals surface area contributed by atoms with Crippen molar-refractivity contribution in [3.63, 3.8) is 0 Å². The Morgan fingerprint density at radius 1 is 1.24 bits per heavy atom. The van der Waals surface area contributed by atoms with Gasteiger partial charge in [-0.25, -0.2) is 4.98 Å². The minimum atomic E-state index is 0.0972. The van der Waals surface area contributed by atoms with Crippen LogP contribution in [-0.4, -0.2) is 22.7 Å². The normalized spacial score (nSPS) is 11.8. The minimum absolute atomic E-state index is 0.0972. The van der Waals surface area contributed by atoms with Crippen molar-refractivity contribution in [1.82, 2.24) is 14.9 Å². The van der Waals surface area contributed by atoms with Gasteiger partial charge in [-0.05, 0) is 5.56 Å². The lowest BCUT2D eigenvalue weighted by molar-refractivity contribution is 0.0466. The molecule has 0 spiro atoms. The topological polar surface area (TPSA) is 39.1 Å². The minimum Gasteiger partial charge on any atom is -0.373 e. The average Bonchev–Trinajstić information content (AvgIpc) is 2.85. The largest absolute Gasteiger partial charge is 0.373 e. The molecule has 0 saturated carbocycles. The molecule has 0 unspecified atom stereocenters. The first-order valence-electron chi connectivity index (χ1n) is 7.35. The Balaban J connectivity index is 1.68. The van der Waals surface area contributed by atoms with Crippen molar-refractivity contribution < 1.29 is 4.74 Å². The van der Waals surface area contributed by atoms with Crippen molar-refractivity contribution in [3.05, 3.63) is 54.1 Å². The zero-order valence-electron chi connectivity index (χ0n) is 13.2. The summed E-state index contributed by atoms with van der Waals surface area (Å²) in [4.78, 5) is 4.26.